The van der Waals surface area contributed by atoms with Gasteiger partial charge in [0.25, 0.3) is 0 Å². The Labute approximate surface area is 170 Å². The van der Waals surface area contributed by atoms with Crippen molar-refractivity contribution in [2.75, 3.05) is 0 Å². The van der Waals surface area contributed by atoms with Crippen LogP contribution in [0.1, 0.15) is 86.5 Å². The molecule has 5 nitrogen and oxygen atoms in total. The molecule has 28 heavy (non-hydrogen) atoms. The van der Waals surface area contributed by atoms with Crippen molar-refractivity contribution in [3.63, 3.8) is 0 Å². The number of rotatable bonds is 2. The average molecular weight is 394 g/mol. The number of ether oxygens (including phenoxy) is 2. The van der Waals surface area contributed by atoms with E-state index < -0.39 is 17.9 Å². The highest BCUT2D eigenvalue weighted by Crippen LogP contribution is 2.69. The SMILES string of the molecule is CC(C)(C)OC(=O)N1[C@H]([C@@H](O)C2CCCCC2)O[C@@H]2[C@H]3CC[C@@](C)([C@@H]21)C3(C)C. The number of amides is 1. The zero-order valence-electron chi connectivity index (χ0n) is 18.5. The molecular weight excluding hydrogens is 354 g/mol. The predicted octanol–water partition coefficient (Wildman–Crippen LogP) is 4.71. The first-order valence-corrected chi connectivity index (χ1v) is 11.3. The third kappa shape index (κ3) is 2.91. The van der Waals surface area contributed by atoms with Crippen molar-refractivity contribution < 1.29 is 19.4 Å². The van der Waals surface area contributed by atoms with Crippen LogP contribution in [0.3, 0.4) is 0 Å². The molecule has 160 valence electrons. The van der Waals surface area contributed by atoms with Crippen LogP contribution >= 0.6 is 0 Å². The third-order valence-electron chi connectivity index (χ3n) is 8.63. The average Bonchev–Trinajstić information content (AvgIpc) is 3.16. The summed E-state index contributed by atoms with van der Waals surface area (Å²) in [6.07, 6.45) is 6.28. The Morgan fingerprint density at radius 1 is 1.14 bits per heavy atom. The molecule has 0 aromatic heterocycles. The molecular formula is C23H39NO4. The molecule has 0 aromatic carbocycles. The lowest BCUT2D eigenvalue weighted by Crippen LogP contribution is -2.56. The van der Waals surface area contributed by atoms with Gasteiger partial charge in [0.15, 0.2) is 6.23 Å². The Bertz CT molecular complexity index is 621. The predicted molar refractivity (Wildman–Crippen MR) is 108 cm³/mol. The molecule has 1 N–H and O–H groups in total. The van der Waals surface area contributed by atoms with Gasteiger partial charge in [-0.15, -0.1) is 0 Å². The zero-order valence-corrected chi connectivity index (χ0v) is 18.5. The molecule has 1 heterocycles. The van der Waals surface area contributed by atoms with E-state index in [1.54, 1.807) is 0 Å². The molecule has 4 aliphatic rings. The second-order valence-electron chi connectivity index (χ2n) is 11.5. The van der Waals surface area contributed by atoms with Crippen molar-refractivity contribution in [1.29, 1.82) is 0 Å². The van der Waals surface area contributed by atoms with E-state index >= 15 is 0 Å². The number of nitrogens with zero attached hydrogens (tertiary/aromatic N) is 1. The fraction of sp³-hybridized carbons (Fsp3) is 0.957. The molecule has 1 amide bonds. The molecule has 5 heteroatoms. The maximum atomic E-state index is 13.3. The molecule has 4 rings (SSSR count). The van der Waals surface area contributed by atoms with Crippen molar-refractivity contribution in [3.05, 3.63) is 0 Å². The van der Waals surface area contributed by atoms with Gasteiger partial charge < -0.3 is 14.6 Å². The van der Waals surface area contributed by atoms with Crippen LogP contribution in [-0.4, -0.2) is 46.2 Å². The Morgan fingerprint density at radius 2 is 1.79 bits per heavy atom. The normalized spacial score (nSPS) is 41.2. The van der Waals surface area contributed by atoms with E-state index in [4.69, 9.17) is 9.47 Å². The smallest absolute Gasteiger partial charge is 0.412 e. The molecule has 3 saturated carbocycles. The highest BCUT2D eigenvalue weighted by molar-refractivity contribution is 5.70. The Morgan fingerprint density at radius 3 is 2.39 bits per heavy atom. The van der Waals surface area contributed by atoms with Gasteiger partial charge >= 0.3 is 6.09 Å². The highest BCUT2D eigenvalue weighted by Gasteiger charge is 2.73. The van der Waals surface area contributed by atoms with Gasteiger partial charge in [-0.3, -0.25) is 4.90 Å². The van der Waals surface area contributed by atoms with Crippen LogP contribution in [0.4, 0.5) is 4.79 Å². The van der Waals surface area contributed by atoms with Crippen LogP contribution in [0.5, 0.6) is 0 Å². The standard InChI is InChI=1S/C23H39NO4/c1-21(2,3)28-20(26)24-18-17(15-12-13-23(18,6)22(15,4)5)27-19(24)16(25)14-10-8-7-9-11-14/h14-19,25H,7-13H2,1-6H3/t15-,16+,17-,18-,19+,23+/m1/s1. The third-order valence-corrected chi connectivity index (χ3v) is 8.63. The summed E-state index contributed by atoms with van der Waals surface area (Å²) in [5.74, 6) is 0.636. The van der Waals surface area contributed by atoms with E-state index in [1.807, 2.05) is 25.7 Å². The Hall–Kier alpha value is -0.810. The van der Waals surface area contributed by atoms with Crippen LogP contribution in [0.15, 0.2) is 0 Å². The fourth-order valence-electron chi connectivity index (χ4n) is 6.75. The van der Waals surface area contributed by atoms with Crippen LogP contribution in [0.2, 0.25) is 0 Å². The molecule has 2 bridgehead atoms. The van der Waals surface area contributed by atoms with Gasteiger partial charge in [-0.05, 0) is 69.1 Å². The van der Waals surface area contributed by atoms with Crippen molar-refractivity contribution in [1.82, 2.24) is 4.90 Å². The number of fused-ring (bicyclic) bond motifs is 5. The van der Waals surface area contributed by atoms with Crippen molar-refractivity contribution in [3.8, 4) is 0 Å². The second kappa shape index (κ2) is 6.60. The molecule has 6 atom stereocenters. The summed E-state index contributed by atoms with van der Waals surface area (Å²) < 4.78 is 12.4. The first kappa shape index (κ1) is 20.5. The fourth-order valence-corrected chi connectivity index (χ4v) is 6.75. The molecule has 4 fully saturated rings. The van der Waals surface area contributed by atoms with Crippen LogP contribution in [-0.2, 0) is 9.47 Å². The van der Waals surface area contributed by atoms with Gasteiger partial charge in [0.1, 0.15) is 11.7 Å². The van der Waals surface area contributed by atoms with E-state index in [-0.39, 0.29) is 35.0 Å². The summed E-state index contributed by atoms with van der Waals surface area (Å²) in [7, 11) is 0. The number of hydrogen-bond acceptors (Lipinski definition) is 4. The number of aliphatic hydroxyl groups excluding tert-OH is 1. The molecule has 1 saturated heterocycles. The van der Waals surface area contributed by atoms with Gasteiger partial charge in [-0.25, -0.2) is 4.79 Å². The number of hydrogen-bond donors (Lipinski definition) is 1. The first-order valence-electron chi connectivity index (χ1n) is 11.3. The van der Waals surface area contributed by atoms with Crippen LogP contribution in [0.25, 0.3) is 0 Å². The lowest BCUT2D eigenvalue weighted by atomic mass is 9.68. The second-order valence-corrected chi connectivity index (χ2v) is 11.5. The monoisotopic (exact) mass is 393 g/mol. The maximum Gasteiger partial charge on any atom is 0.412 e. The first-order chi connectivity index (χ1) is 13.0. The summed E-state index contributed by atoms with van der Waals surface area (Å²) in [6.45, 7) is 12.7. The summed E-state index contributed by atoms with van der Waals surface area (Å²) in [6, 6.07) is -0.0145. The lowest BCUT2D eigenvalue weighted by molar-refractivity contribution is -0.123. The molecule has 3 aliphatic carbocycles. The molecule has 0 radical (unpaired) electrons. The van der Waals surface area contributed by atoms with Gasteiger partial charge in [-0.2, -0.15) is 0 Å². The summed E-state index contributed by atoms with van der Waals surface area (Å²) in [5.41, 5.74) is -0.465. The molecule has 0 aromatic rings. The number of carbonyl (C=O) groups is 1. The molecule has 0 unspecified atom stereocenters. The molecule has 0 spiro atoms. The van der Waals surface area contributed by atoms with E-state index in [0.717, 1.165) is 38.5 Å². The summed E-state index contributed by atoms with van der Waals surface area (Å²) in [4.78, 5) is 15.2. The quantitative estimate of drug-likeness (QED) is 0.738. The Kier molecular flexibility index (Phi) is 4.82. The van der Waals surface area contributed by atoms with Gasteiger partial charge in [0.2, 0.25) is 0 Å². The van der Waals surface area contributed by atoms with E-state index in [0.29, 0.717) is 5.92 Å². The van der Waals surface area contributed by atoms with E-state index in [2.05, 4.69) is 20.8 Å². The lowest BCUT2D eigenvalue weighted by Gasteiger charge is -2.44. The van der Waals surface area contributed by atoms with Crippen molar-refractivity contribution >= 4 is 6.09 Å². The van der Waals surface area contributed by atoms with Crippen LogP contribution in [0, 0.1) is 22.7 Å². The van der Waals surface area contributed by atoms with Crippen molar-refractivity contribution in [2.45, 2.75) is 117 Å². The minimum Gasteiger partial charge on any atom is -0.444 e. The highest BCUT2D eigenvalue weighted by atomic mass is 16.6. The zero-order chi connectivity index (χ0) is 20.5. The number of carbonyl (C=O) groups excluding carboxylic acids is 1. The summed E-state index contributed by atoms with van der Waals surface area (Å²) >= 11 is 0. The van der Waals surface area contributed by atoms with Crippen LogP contribution < -0.4 is 0 Å². The molecule has 1 aliphatic heterocycles. The van der Waals surface area contributed by atoms with Gasteiger partial charge in [0, 0.05) is 0 Å². The topological polar surface area (TPSA) is 59.0 Å². The minimum absolute atomic E-state index is 0.00417. The van der Waals surface area contributed by atoms with E-state index in [1.165, 1.54) is 6.42 Å². The van der Waals surface area contributed by atoms with E-state index in [9.17, 15) is 9.90 Å². The summed E-state index contributed by atoms with van der Waals surface area (Å²) in [5, 5.41) is 11.3. The minimum atomic E-state index is -0.635. The van der Waals surface area contributed by atoms with Crippen molar-refractivity contribution in [2.24, 2.45) is 22.7 Å². The Balaban J connectivity index is 1.66. The largest absolute Gasteiger partial charge is 0.444 e. The number of aliphatic hydroxyl groups is 1. The maximum absolute atomic E-state index is 13.3. The van der Waals surface area contributed by atoms with Gasteiger partial charge in [0.05, 0.1) is 12.1 Å². The van der Waals surface area contributed by atoms with Gasteiger partial charge in [-0.1, -0.05) is 40.0 Å².